The molecule has 0 aliphatic heterocycles. The van der Waals surface area contributed by atoms with Crippen LogP contribution >= 0.6 is 11.6 Å². The summed E-state index contributed by atoms with van der Waals surface area (Å²) in [5, 5.41) is 14.8. The molecule has 1 saturated carbocycles. The second-order valence-electron chi connectivity index (χ2n) is 8.84. The lowest BCUT2D eigenvalue weighted by Gasteiger charge is -2.40. The summed E-state index contributed by atoms with van der Waals surface area (Å²) in [6.45, 7) is 0.143. The summed E-state index contributed by atoms with van der Waals surface area (Å²) in [7, 11) is 0. The van der Waals surface area contributed by atoms with Gasteiger partial charge in [0.1, 0.15) is 12.1 Å². The lowest BCUT2D eigenvalue weighted by molar-refractivity contribution is -0.125. The summed E-state index contributed by atoms with van der Waals surface area (Å²) in [6, 6.07) is 20.2. The van der Waals surface area contributed by atoms with Crippen LogP contribution in [0.25, 0.3) is 11.1 Å². The number of anilines is 1. The quantitative estimate of drug-likeness (QED) is 0.427. The number of carbonyl (C=O) groups excluding carboxylic acids is 2. The number of carbonyl (C=O) groups is 3. The van der Waals surface area contributed by atoms with Gasteiger partial charge in [0.15, 0.2) is 0 Å². The first-order valence-electron chi connectivity index (χ1n) is 11.4. The standard InChI is InChI=1S/C27H23ClN2O5/c28-22-11-10-16(24(31)32)14-23(22)29-25(33)27(12-5-13-27)30-26(34)35-15-21-19-8-3-1-6-17(19)18-7-2-4-9-20(18)21/h1-4,6-11,14,21H,5,12-13,15H2,(H,29,33)(H,30,34)(H,31,32). The Morgan fingerprint density at radius 1 is 0.971 bits per heavy atom. The molecule has 0 atom stereocenters. The van der Waals surface area contributed by atoms with Crippen LogP contribution in [0, 0.1) is 0 Å². The number of carboxylic acid groups (broad SMARTS) is 1. The lowest BCUT2D eigenvalue weighted by atomic mass is 9.76. The van der Waals surface area contributed by atoms with Gasteiger partial charge in [0.05, 0.1) is 16.3 Å². The van der Waals surface area contributed by atoms with Gasteiger partial charge in [-0.1, -0.05) is 60.1 Å². The molecule has 2 amide bonds. The first kappa shape index (κ1) is 22.9. The van der Waals surface area contributed by atoms with Crippen molar-refractivity contribution in [2.24, 2.45) is 0 Å². The SMILES string of the molecule is O=C(NC1(C(=O)Nc2cc(C(=O)O)ccc2Cl)CCC1)OCC1c2ccccc2-c2ccccc21. The Bertz CT molecular complexity index is 1290. The number of rotatable bonds is 6. The number of halogens is 1. The number of alkyl carbamates (subject to hydrolysis) is 1. The highest BCUT2D eigenvalue weighted by atomic mass is 35.5. The van der Waals surface area contributed by atoms with E-state index in [-0.39, 0.29) is 28.8 Å². The predicted molar refractivity (Wildman–Crippen MR) is 132 cm³/mol. The fourth-order valence-corrected chi connectivity index (χ4v) is 4.93. The fourth-order valence-electron chi connectivity index (χ4n) is 4.77. The number of hydrogen-bond donors (Lipinski definition) is 3. The molecule has 8 heteroatoms. The first-order valence-corrected chi connectivity index (χ1v) is 11.7. The smallest absolute Gasteiger partial charge is 0.408 e. The van der Waals surface area contributed by atoms with Crippen molar-refractivity contribution in [2.75, 3.05) is 11.9 Å². The van der Waals surface area contributed by atoms with Crippen LogP contribution < -0.4 is 10.6 Å². The number of amides is 2. The number of hydrogen-bond acceptors (Lipinski definition) is 4. The third-order valence-corrected chi connectivity index (χ3v) is 7.12. The minimum Gasteiger partial charge on any atom is -0.478 e. The van der Waals surface area contributed by atoms with Gasteiger partial charge in [0, 0.05) is 5.92 Å². The zero-order valence-corrected chi connectivity index (χ0v) is 19.5. The van der Waals surface area contributed by atoms with E-state index in [1.807, 2.05) is 36.4 Å². The highest BCUT2D eigenvalue weighted by molar-refractivity contribution is 6.34. The van der Waals surface area contributed by atoms with Gasteiger partial charge in [-0.05, 0) is 59.7 Å². The monoisotopic (exact) mass is 490 g/mol. The number of fused-ring (bicyclic) bond motifs is 3. The van der Waals surface area contributed by atoms with E-state index in [1.165, 1.54) is 18.2 Å². The maximum atomic E-state index is 13.1. The Kier molecular flexibility index (Phi) is 5.94. The summed E-state index contributed by atoms with van der Waals surface area (Å²) in [6.07, 6.45) is 0.977. The molecule has 2 aliphatic carbocycles. The van der Waals surface area contributed by atoms with Crippen LogP contribution in [0.3, 0.4) is 0 Å². The molecule has 0 saturated heterocycles. The molecule has 5 rings (SSSR count). The summed E-state index contributed by atoms with van der Waals surface area (Å²) < 4.78 is 5.61. The van der Waals surface area contributed by atoms with E-state index in [9.17, 15) is 19.5 Å². The number of ether oxygens (including phenoxy) is 1. The third kappa shape index (κ3) is 4.23. The summed E-state index contributed by atoms with van der Waals surface area (Å²) in [4.78, 5) is 37.1. The molecule has 0 aromatic heterocycles. The Morgan fingerprint density at radius 2 is 1.60 bits per heavy atom. The lowest BCUT2D eigenvalue weighted by Crippen LogP contribution is -2.61. The zero-order chi connectivity index (χ0) is 24.6. The van der Waals surface area contributed by atoms with E-state index in [4.69, 9.17) is 16.3 Å². The van der Waals surface area contributed by atoms with Crippen LogP contribution in [0.4, 0.5) is 10.5 Å². The van der Waals surface area contributed by atoms with Crippen molar-refractivity contribution in [1.82, 2.24) is 5.32 Å². The normalized spacial score (nSPS) is 15.3. The molecule has 0 radical (unpaired) electrons. The van der Waals surface area contributed by atoms with Crippen molar-refractivity contribution < 1.29 is 24.2 Å². The zero-order valence-electron chi connectivity index (χ0n) is 18.7. The second-order valence-corrected chi connectivity index (χ2v) is 9.25. The van der Waals surface area contributed by atoms with Gasteiger partial charge in [-0.25, -0.2) is 9.59 Å². The number of benzene rings is 3. The third-order valence-electron chi connectivity index (χ3n) is 6.79. The molecule has 0 spiro atoms. The molecular formula is C27H23ClN2O5. The Hall–Kier alpha value is -3.84. The molecule has 178 valence electrons. The molecular weight excluding hydrogens is 468 g/mol. The van der Waals surface area contributed by atoms with Crippen molar-refractivity contribution in [1.29, 1.82) is 0 Å². The average molecular weight is 491 g/mol. The van der Waals surface area contributed by atoms with Gasteiger partial charge in [-0.2, -0.15) is 0 Å². The van der Waals surface area contributed by atoms with Gasteiger partial charge in [-0.15, -0.1) is 0 Å². The highest BCUT2D eigenvalue weighted by Gasteiger charge is 2.46. The summed E-state index contributed by atoms with van der Waals surface area (Å²) >= 11 is 6.15. The maximum absolute atomic E-state index is 13.1. The van der Waals surface area contributed by atoms with Crippen LogP contribution in [0.2, 0.25) is 5.02 Å². The molecule has 35 heavy (non-hydrogen) atoms. The number of aromatic carboxylic acids is 1. The molecule has 0 bridgehead atoms. The highest BCUT2D eigenvalue weighted by Crippen LogP contribution is 2.44. The molecule has 0 heterocycles. The molecule has 0 unspecified atom stereocenters. The van der Waals surface area contributed by atoms with E-state index in [0.29, 0.717) is 12.8 Å². The molecule has 3 aromatic carbocycles. The molecule has 3 aromatic rings. The largest absolute Gasteiger partial charge is 0.478 e. The van der Waals surface area contributed by atoms with Gasteiger partial charge in [-0.3, -0.25) is 4.79 Å². The summed E-state index contributed by atoms with van der Waals surface area (Å²) in [5.41, 5.74) is 3.51. The average Bonchev–Trinajstić information content (AvgIpc) is 3.15. The number of nitrogens with one attached hydrogen (secondary N) is 2. The van der Waals surface area contributed by atoms with Gasteiger partial charge < -0.3 is 20.5 Å². The van der Waals surface area contributed by atoms with E-state index in [1.54, 1.807) is 0 Å². The summed E-state index contributed by atoms with van der Waals surface area (Å²) in [5.74, 6) is -1.68. The molecule has 1 fully saturated rings. The van der Waals surface area contributed by atoms with Crippen LogP contribution in [0.15, 0.2) is 66.7 Å². The Labute approximate surface area is 207 Å². The molecule has 3 N–H and O–H groups in total. The van der Waals surface area contributed by atoms with Crippen molar-refractivity contribution in [3.05, 3.63) is 88.4 Å². The van der Waals surface area contributed by atoms with Gasteiger partial charge in [0.2, 0.25) is 5.91 Å². The van der Waals surface area contributed by atoms with Crippen LogP contribution in [0.5, 0.6) is 0 Å². The first-order chi connectivity index (χ1) is 16.9. The Morgan fingerprint density at radius 3 is 2.17 bits per heavy atom. The van der Waals surface area contributed by atoms with E-state index >= 15 is 0 Å². The van der Waals surface area contributed by atoms with E-state index < -0.39 is 23.5 Å². The molecule has 7 nitrogen and oxygen atoms in total. The van der Waals surface area contributed by atoms with Crippen molar-refractivity contribution in [3.8, 4) is 11.1 Å². The van der Waals surface area contributed by atoms with Crippen molar-refractivity contribution in [3.63, 3.8) is 0 Å². The van der Waals surface area contributed by atoms with E-state index in [2.05, 4.69) is 22.8 Å². The minimum atomic E-state index is -1.13. The van der Waals surface area contributed by atoms with Crippen LogP contribution in [0.1, 0.15) is 46.7 Å². The topological polar surface area (TPSA) is 105 Å². The van der Waals surface area contributed by atoms with Crippen LogP contribution in [-0.2, 0) is 9.53 Å². The van der Waals surface area contributed by atoms with Gasteiger partial charge in [0.25, 0.3) is 0 Å². The van der Waals surface area contributed by atoms with Crippen molar-refractivity contribution in [2.45, 2.75) is 30.7 Å². The maximum Gasteiger partial charge on any atom is 0.408 e. The van der Waals surface area contributed by atoms with Crippen LogP contribution in [-0.4, -0.2) is 35.2 Å². The van der Waals surface area contributed by atoms with Crippen molar-refractivity contribution >= 4 is 35.3 Å². The Balaban J connectivity index is 1.27. The minimum absolute atomic E-state index is 0.00291. The molecule has 2 aliphatic rings. The number of carboxylic acids is 1. The fraction of sp³-hybridized carbons (Fsp3) is 0.222. The van der Waals surface area contributed by atoms with Gasteiger partial charge >= 0.3 is 12.1 Å². The predicted octanol–water partition coefficient (Wildman–Crippen LogP) is 5.44. The second kappa shape index (κ2) is 9.07. The van der Waals surface area contributed by atoms with E-state index in [0.717, 1.165) is 28.7 Å².